The number of carbonyl (C=O) groups excluding carboxylic acids is 3. The lowest BCUT2D eigenvalue weighted by atomic mass is 9.98. The SMILES string of the molecule is O=C(c1ccc(CN2CC(=O)N3CCCC[C@@H]3C2=O)cc1)N1CCCCCC1. The fourth-order valence-electron chi connectivity index (χ4n) is 4.59. The quantitative estimate of drug-likeness (QED) is 0.805. The Bertz CT molecular complexity index is 738. The smallest absolute Gasteiger partial charge is 0.253 e. The summed E-state index contributed by atoms with van der Waals surface area (Å²) in [6, 6.07) is 7.25. The summed E-state index contributed by atoms with van der Waals surface area (Å²) in [5.74, 6) is 0.205. The highest BCUT2D eigenvalue weighted by Gasteiger charge is 2.40. The molecule has 0 bridgehead atoms. The van der Waals surface area contributed by atoms with E-state index in [1.54, 1.807) is 9.80 Å². The topological polar surface area (TPSA) is 60.9 Å². The van der Waals surface area contributed by atoms with Gasteiger partial charge in [-0.2, -0.15) is 0 Å². The molecular weight excluding hydrogens is 354 g/mol. The molecule has 3 amide bonds. The van der Waals surface area contributed by atoms with Crippen LogP contribution in [-0.2, 0) is 16.1 Å². The number of benzene rings is 1. The number of rotatable bonds is 3. The van der Waals surface area contributed by atoms with E-state index in [9.17, 15) is 14.4 Å². The zero-order valence-electron chi connectivity index (χ0n) is 16.4. The third kappa shape index (κ3) is 3.91. The lowest BCUT2D eigenvalue weighted by Gasteiger charge is -2.42. The van der Waals surface area contributed by atoms with Crippen molar-refractivity contribution in [1.29, 1.82) is 0 Å². The van der Waals surface area contributed by atoms with Crippen LogP contribution in [0.3, 0.4) is 0 Å². The highest BCUT2D eigenvalue weighted by Crippen LogP contribution is 2.24. The van der Waals surface area contributed by atoms with Gasteiger partial charge in [0.15, 0.2) is 0 Å². The van der Waals surface area contributed by atoms with Gasteiger partial charge >= 0.3 is 0 Å². The van der Waals surface area contributed by atoms with Gasteiger partial charge in [0.25, 0.3) is 5.91 Å². The second kappa shape index (κ2) is 8.33. The van der Waals surface area contributed by atoms with Crippen molar-refractivity contribution in [3.8, 4) is 0 Å². The number of amides is 3. The molecule has 1 aromatic rings. The van der Waals surface area contributed by atoms with Crippen LogP contribution in [0.2, 0.25) is 0 Å². The van der Waals surface area contributed by atoms with Crippen molar-refractivity contribution in [3.05, 3.63) is 35.4 Å². The van der Waals surface area contributed by atoms with Gasteiger partial charge in [-0.05, 0) is 49.8 Å². The van der Waals surface area contributed by atoms with Crippen LogP contribution in [0, 0.1) is 0 Å². The van der Waals surface area contributed by atoms with E-state index in [0.717, 1.165) is 50.8 Å². The van der Waals surface area contributed by atoms with Crippen molar-refractivity contribution in [2.45, 2.75) is 57.5 Å². The van der Waals surface area contributed by atoms with E-state index < -0.39 is 0 Å². The third-order valence-corrected chi connectivity index (χ3v) is 6.21. The van der Waals surface area contributed by atoms with Crippen molar-refractivity contribution in [2.75, 3.05) is 26.2 Å². The lowest BCUT2D eigenvalue weighted by molar-refractivity contribution is -0.158. The summed E-state index contributed by atoms with van der Waals surface area (Å²) in [5, 5.41) is 0. The average molecular weight is 383 g/mol. The van der Waals surface area contributed by atoms with Crippen molar-refractivity contribution in [1.82, 2.24) is 14.7 Å². The van der Waals surface area contributed by atoms with Gasteiger partial charge in [-0.3, -0.25) is 14.4 Å². The van der Waals surface area contributed by atoms with Crippen LogP contribution in [0.4, 0.5) is 0 Å². The lowest BCUT2D eigenvalue weighted by Crippen LogP contribution is -2.60. The van der Waals surface area contributed by atoms with Gasteiger partial charge in [0.1, 0.15) is 12.6 Å². The van der Waals surface area contributed by atoms with Gasteiger partial charge in [-0.1, -0.05) is 25.0 Å². The molecule has 0 spiro atoms. The molecule has 3 heterocycles. The monoisotopic (exact) mass is 383 g/mol. The number of fused-ring (bicyclic) bond motifs is 1. The van der Waals surface area contributed by atoms with Crippen LogP contribution in [0.1, 0.15) is 60.9 Å². The van der Waals surface area contributed by atoms with Crippen LogP contribution >= 0.6 is 0 Å². The number of hydrogen-bond donors (Lipinski definition) is 0. The van der Waals surface area contributed by atoms with Crippen LogP contribution in [0.15, 0.2) is 24.3 Å². The Morgan fingerprint density at radius 2 is 1.57 bits per heavy atom. The molecule has 3 aliphatic rings. The molecule has 28 heavy (non-hydrogen) atoms. The van der Waals surface area contributed by atoms with Gasteiger partial charge < -0.3 is 14.7 Å². The van der Waals surface area contributed by atoms with Crippen LogP contribution in [0.5, 0.6) is 0 Å². The molecule has 3 fully saturated rings. The van der Waals surface area contributed by atoms with E-state index in [-0.39, 0.29) is 30.3 Å². The first-order valence-electron chi connectivity index (χ1n) is 10.6. The van der Waals surface area contributed by atoms with Gasteiger partial charge in [-0.25, -0.2) is 0 Å². The normalized spacial score (nSPS) is 23.4. The third-order valence-electron chi connectivity index (χ3n) is 6.21. The molecule has 6 nitrogen and oxygen atoms in total. The summed E-state index contributed by atoms with van der Waals surface area (Å²) in [7, 11) is 0. The highest BCUT2D eigenvalue weighted by molar-refractivity contribution is 5.95. The first-order valence-corrected chi connectivity index (χ1v) is 10.6. The van der Waals surface area contributed by atoms with Gasteiger partial charge in [-0.15, -0.1) is 0 Å². The Hall–Kier alpha value is -2.37. The second-order valence-corrected chi connectivity index (χ2v) is 8.20. The minimum absolute atomic E-state index is 0.0530. The fraction of sp³-hybridized carbons (Fsp3) is 0.591. The number of hydrogen-bond acceptors (Lipinski definition) is 3. The maximum absolute atomic E-state index is 12.8. The second-order valence-electron chi connectivity index (χ2n) is 8.20. The first-order chi connectivity index (χ1) is 13.6. The zero-order chi connectivity index (χ0) is 19.5. The standard InChI is InChI=1S/C22H29N3O3/c26-20-16-24(22(28)19-7-3-6-14-25(19)20)15-17-8-10-18(11-9-17)21(27)23-12-4-1-2-5-13-23/h8-11,19H,1-7,12-16H2/t19-/m1/s1. The molecule has 150 valence electrons. The van der Waals surface area contributed by atoms with Crippen LogP contribution in [0.25, 0.3) is 0 Å². The van der Waals surface area contributed by atoms with Crippen molar-refractivity contribution in [2.24, 2.45) is 0 Å². The molecule has 6 heteroatoms. The summed E-state index contributed by atoms with van der Waals surface area (Å²) in [4.78, 5) is 43.3. The molecule has 1 aromatic carbocycles. The predicted molar refractivity (Wildman–Crippen MR) is 106 cm³/mol. The molecule has 4 rings (SSSR count). The van der Waals surface area contributed by atoms with E-state index in [1.807, 2.05) is 29.2 Å². The Labute approximate surface area is 166 Å². The number of piperazine rings is 1. The molecule has 0 radical (unpaired) electrons. The van der Waals surface area contributed by atoms with E-state index >= 15 is 0 Å². The summed E-state index contributed by atoms with van der Waals surface area (Å²) < 4.78 is 0. The largest absolute Gasteiger partial charge is 0.339 e. The maximum Gasteiger partial charge on any atom is 0.253 e. The molecule has 0 aromatic heterocycles. The van der Waals surface area contributed by atoms with E-state index in [2.05, 4.69) is 0 Å². The minimum atomic E-state index is -0.279. The molecule has 0 N–H and O–H groups in total. The summed E-state index contributed by atoms with van der Waals surface area (Å²) in [5.41, 5.74) is 1.66. The van der Waals surface area contributed by atoms with E-state index in [4.69, 9.17) is 0 Å². The molecular formula is C22H29N3O3. The van der Waals surface area contributed by atoms with Gasteiger partial charge in [0.05, 0.1) is 0 Å². The Morgan fingerprint density at radius 3 is 2.29 bits per heavy atom. The summed E-state index contributed by atoms with van der Waals surface area (Å²) in [6.07, 6.45) is 7.31. The Balaban J connectivity index is 1.41. The van der Waals surface area contributed by atoms with Crippen molar-refractivity contribution in [3.63, 3.8) is 0 Å². The van der Waals surface area contributed by atoms with E-state index in [1.165, 1.54) is 12.8 Å². The predicted octanol–water partition coefficient (Wildman–Crippen LogP) is 2.43. The molecule has 3 aliphatic heterocycles. The van der Waals surface area contributed by atoms with Gasteiger partial charge in [0.2, 0.25) is 11.8 Å². The highest BCUT2D eigenvalue weighted by atomic mass is 16.2. The summed E-state index contributed by atoms with van der Waals surface area (Å²) in [6.45, 7) is 2.96. The van der Waals surface area contributed by atoms with Crippen molar-refractivity contribution >= 4 is 17.7 Å². The molecule has 0 saturated carbocycles. The molecule has 3 saturated heterocycles. The molecule has 1 atom stereocenters. The zero-order valence-corrected chi connectivity index (χ0v) is 16.4. The average Bonchev–Trinajstić information content (AvgIpc) is 3.01. The number of likely N-dealkylation sites (tertiary alicyclic amines) is 1. The maximum atomic E-state index is 12.8. The number of piperidine rings is 1. The van der Waals surface area contributed by atoms with Crippen LogP contribution in [-0.4, -0.2) is 64.6 Å². The van der Waals surface area contributed by atoms with E-state index in [0.29, 0.717) is 18.7 Å². The van der Waals surface area contributed by atoms with Crippen molar-refractivity contribution < 1.29 is 14.4 Å². The first kappa shape index (κ1) is 19.0. The summed E-state index contributed by atoms with van der Waals surface area (Å²) >= 11 is 0. The molecule has 0 unspecified atom stereocenters. The molecule has 0 aliphatic carbocycles. The van der Waals surface area contributed by atoms with Crippen LogP contribution < -0.4 is 0 Å². The van der Waals surface area contributed by atoms with Gasteiger partial charge in [0, 0.05) is 31.7 Å². The number of carbonyl (C=O) groups is 3. The fourth-order valence-corrected chi connectivity index (χ4v) is 4.59. The minimum Gasteiger partial charge on any atom is -0.339 e. The number of nitrogens with zero attached hydrogens (tertiary/aromatic N) is 3. The Kier molecular flexibility index (Phi) is 5.64. The Morgan fingerprint density at radius 1 is 0.893 bits per heavy atom.